The molecule has 0 bridgehead atoms. The maximum atomic E-state index is 12.6. The smallest absolute Gasteiger partial charge is 0.357 e. The highest BCUT2D eigenvalue weighted by Gasteiger charge is 2.17. The molecule has 31 heavy (non-hydrogen) atoms. The molecule has 2 N–H and O–H groups in total. The van der Waals surface area contributed by atoms with Crippen LogP contribution in [-0.4, -0.2) is 26.8 Å². The van der Waals surface area contributed by atoms with Crippen LogP contribution in [0.1, 0.15) is 10.5 Å². The van der Waals surface area contributed by atoms with Gasteiger partial charge in [0.05, 0.1) is 5.39 Å². The van der Waals surface area contributed by atoms with Crippen molar-refractivity contribution in [1.29, 1.82) is 0 Å². The van der Waals surface area contributed by atoms with E-state index in [0.717, 1.165) is 4.68 Å². The summed E-state index contributed by atoms with van der Waals surface area (Å²) in [6.07, 6.45) is 0. The minimum Gasteiger partial charge on any atom is -0.476 e. The third-order valence-corrected chi connectivity index (χ3v) is 4.48. The Morgan fingerprint density at radius 3 is 2.16 bits per heavy atom. The Labute approximate surface area is 176 Å². The van der Waals surface area contributed by atoms with Gasteiger partial charge in [-0.1, -0.05) is 36.4 Å². The standard InChI is InChI=1S/C23H17N3O5/c27-20(24-15-10-12-17(13-11-15)31-16-6-2-1-3-7-16)14-26-22(28)19-9-5-4-8-18(19)21(25-26)23(29)30/h1-13H,14H2,(H,24,27)(H,29,30). The van der Waals surface area contributed by atoms with Crippen molar-refractivity contribution < 1.29 is 19.4 Å². The molecule has 8 nitrogen and oxygen atoms in total. The van der Waals surface area contributed by atoms with Crippen molar-refractivity contribution in [2.45, 2.75) is 6.54 Å². The van der Waals surface area contributed by atoms with Crippen molar-refractivity contribution in [2.75, 3.05) is 5.32 Å². The average molecular weight is 415 g/mol. The van der Waals surface area contributed by atoms with Crippen LogP contribution < -0.4 is 15.6 Å². The van der Waals surface area contributed by atoms with Gasteiger partial charge in [-0.3, -0.25) is 9.59 Å². The van der Waals surface area contributed by atoms with Crippen LogP contribution in [0.5, 0.6) is 11.5 Å². The van der Waals surface area contributed by atoms with Crippen molar-refractivity contribution in [1.82, 2.24) is 9.78 Å². The van der Waals surface area contributed by atoms with E-state index < -0.39 is 24.0 Å². The Balaban J connectivity index is 1.50. The minimum atomic E-state index is -1.28. The lowest BCUT2D eigenvalue weighted by Crippen LogP contribution is -2.31. The Hall–Kier alpha value is -4.46. The largest absolute Gasteiger partial charge is 0.476 e. The van der Waals surface area contributed by atoms with E-state index in [4.69, 9.17) is 4.74 Å². The fourth-order valence-corrected chi connectivity index (χ4v) is 3.07. The number of benzene rings is 3. The average Bonchev–Trinajstić information content (AvgIpc) is 2.77. The SMILES string of the molecule is O=C(Cn1nc(C(=O)O)c2ccccc2c1=O)Nc1ccc(Oc2ccccc2)cc1. The number of para-hydroxylation sites is 1. The highest BCUT2D eigenvalue weighted by Crippen LogP contribution is 2.22. The summed E-state index contributed by atoms with van der Waals surface area (Å²) in [4.78, 5) is 36.6. The van der Waals surface area contributed by atoms with Gasteiger partial charge in [0, 0.05) is 11.1 Å². The van der Waals surface area contributed by atoms with Crippen LogP contribution >= 0.6 is 0 Å². The van der Waals surface area contributed by atoms with E-state index in [0.29, 0.717) is 17.2 Å². The van der Waals surface area contributed by atoms with E-state index >= 15 is 0 Å². The molecule has 0 saturated carbocycles. The molecule has 1 amide bonds. The van der Waals surface area contributed by atoms with Gasteiger partial charge in [-0.2, -0.15) is 5.10 Å². The third kappa shape index (κ3) is 4.43. The minimum absolute atomic E-state index is 0.185. The number of carbonyl (C=O) groups excluding carboxylic acids is 1. The van der Waals surface area contributed by atoms with Crippen LogP contribution in [0.15, 0.2) is 83.7 Å². The Morgan fingerprint density at radius 1 is 0.871 bits per heavy atom. The molecular weight excluding hydrogens is 398 g/mol. The lowest BCUT2D eigenvalue weighted by molar-refractivity contribution is -0.117. The molecule has 0 aliphatic heterocycles. The first-order valence-electron chi connectivity index (χ1n) is 9.37. The van der Waals surface area contributed by atoms with E-state index in [9.17, 15) is 19.5 Å². The molecule has 3 aromatic carbocycles. The summed E-state index contributed by atoms with van der Waals surface area (Å²) in [7, 11) is 0. The molecular formula is C23H17N3O5. The Kier molecular flexibility index (Phi) is 5.44. The van der Waals surface area contributed by atoms with Gasteiger partial charge in [0.15, 0.2) is 5.69 Å². The van der Waals surface area contributed by atoms with E-state index in [-0.39, 0.29) is 16.5 Å². The van der Waals surface area contributed by atoms with Crippen LogP contribution in [0.2, 0.25) is 0 Å². The highest BCUT2D eigenvalue weighted by atomic mass is 16.5. The summed E-state index contributed by atoms with van der Waals surface area (Å²) in [6.45, 7) is -0.424. The summed E-state index contributed by atoms with van der Waals surface area (Å²) >= 11 is 0. The first-order valence-corrected chi connectivity index (χ1v) is 9.37. The van der Waals surface area contributed by atoms with Gasteiger partial charge in [-0.25, -0.2) is 9.48 Å². The van der Waals surface area contributed by atoms with Crippen molar-refractivity contribution >= 4 is 28.3 Å². The number of carboxylic acid groups (broad SMARTS) is 1. The predicted octanol–water partition coefficient (Wildman–Crippen LogP) is 3.53. The number of hydrogen-bond donors (Lipinski definition) is 2. The molecule has 0 saturated heterocycles. The second-order valence-electron chi connectivity index (χ2n) is 6.65. The van der Waals surface area contributed by atoms with Gasteiger partial charge in [0.2, 0.25) is 5.91 Å². The van der Waals surface area contributed by atoms with Gasteiger partial charge in [-0.15, -0.1) is 0 Å². The van der Waals surface area contributed by atoms with Gasteiger partial charge in [-0.05, 0) is 42.5 Å². The van der Waals surface area contributed by atoms with Gasteiger partial charge in [0.1, 0.15) is 18.0 Å². The molecule has 0 aliphatic rings. The molecule has 0 spiro atoms. The zero-order valence-electron chi connectivity index (χ0n) is 16.2. The number of fused-ring (bicyclic) bond motifs is 1. The number of carboxylic acids is 1. The fourth-order valence-electron chi connectivity index (χ4n) is 3.07. The summed E-state index contributed by atoms with van der Waals surface area (Å²) in [5.74, 6) is -0.504. The highest BCUT2D eigenvalue weighted by molar-refractivity contribution is 6.01. The number of anilines is 1. The predicted molar refractivity (Wildman–Crippen MR) is 115 cm³/mol. The number of ether oxygens (including phenoxy) is 1. The van der Waals surface area contributed by atoms with Crippen molar-refractivity contribution in [3.8, 4) is 11.5 Å². The van der Waals surface area contributed by atoms with Crippen LogP contribution in [0, 0.1) is 0 Å². The van der Waals surface area contributed by atoms with Crippen molar-refractivity contribution in [3.63, 3.8) is 0 Å². The molecule has 4 rings (SSSR count). The molecule has 0 fully saturated rings. The Morgan fingerprint density at radius 2 is 1.48 bits per heavy atom. The van der Waals surface area contributed by atoms with E-state index in [1.807, 2.05) is 30.3 Å². The Bertz CT molecular complexity index is 1310. The second-order valence-corrected chi connectivity index (χ2v) is 6.65. The van der Waals surface area contributed by atoms with Crippen LogP contribution in [0.3, 0.4) is 0 Å². The molecule has 0 aliphatic carbocycles. The lowest BCUT2D eigenvalue weighted by Gasteiger charge is -2.10. The van der Waals surface area contributed by atoms with E-state index in [1.165, 1.54) is 12.1 Å². The number of amides is 1. The molecule has 0 unspecified atom stereocenters. The topological polar surface area (TPSA) is 111 Å². The molecule has 0 radical (unpaired) electrons. The van der Waals surface area contributed by atoms with E-state index in [2.05, 4.69) is 10.4 Å². The van der Waals surface area contributed by atoms with Gasteiger partial charge in [0.25, 0.3) is 5.56 Å². The summed E-state index contributed by atoms with van der Waals surface area (Å²) in [6, 6.07) is 22.3. The first-order chi connectivity index (χ1) is 15.0. The number of aromatic nitrogens is 2. The third-order valence-electron chi connectivity index (χ3n) is 4.48. The maximum Gasteiger partial charge on any atom is 0.357 e. The van der Waals surface area contributed by atoms with Crippen molar-refractivity contribution in [2.24, 2.45) is 0 Å². The normalized spacial score (nSPS) is 10.6. The van der Waals surface area contributed by atoms with E-state index in [1.54, 1.807) is 36.4 Å². The molecule has 1 heterocycles. The zero-order valence-corrected chi connectivity index (χ0v) is 16.2. The lowest BCUT2D eigenvalue weighted by atomic mass is 10.1. The second kappa shape index (κ2) is 8.50. The molecule has 0 atom stereocenters. The number of nitrogens with one attached hydrogen (secondary N) is 1. The van der Waals surface area contributed by atoms with Gasteiger partial charge >= 0.3 is 5.97 Å². The fraction of sp³-hybridized carbons (Fsp3) is 0.0435. The quantitative estimate of drug-likeness (QED) is 0.499. The number of aromatic carboxylic acids is 1. The number of rotatable bonds is 6. The summed E-state index contributed by atoms with van der Waals surface area (Å²) in [5.41, 5.74) is -0.328. The maximum absolute atomic E-state index is 12.6. The number of nitrogens with zero attached hydrogens (tertiary/aromatic N) is 2. The number of hydrogen-bond acceptors (Lipinski definition) is 5. The van der Waals surface area contributed by atoms with Gasteiger partial charge < -0.3 is 15.2 Å². The summed E-state index contributed by atoms with van der Waals surface area (Å²) in [5, 5.41) is 16.4. The number of carbonyl (C=O) groups is 2. The van der Waals surface area contributed by atoms with Crippen molar-refractivity contribution in [3.05, 3.63) is 94.9 Å². The molecule has 8 heteroatoms. The first kappa shape index (κ1) is 19.8. The summed E-state index contributed by atoms with van der Waals surface area (Å²) < 4.78 is 6.56. The molecule has 1 aromatic heterocycles. The molecule has 154 valence electrons. The monoisotopic (exact) mass is 415 g/mol. The van der Waals surface area contributed by atoms with Crippen LogP contribution in [-0.2, 0) is 11.3 Å². The zero-order chi connectivity index (χ0) is 21.8. The molecule has 4 aromatic rings. The van der Waals surface area contributed by atoms with Crippen LogP contribution in [0.25, 0.3) is 10.8 Å². The van der Waals surface area contributed by atoms with Crippen LogP contribution in [0.4, 0.5) is 5.69 Å².